The molecule has 0 bridgehead atoms. The van der Waals surface area contributed by atoms with E-state index in [2.05, 4.69) is 24.0 Å². The third-order valence-corrected chi connectivity index (χ3v) is 8.77. The number of sulfonamides is 1. The first-order chi connectivity index (χ1) is 16.1. The molecule has 1 atom stereocenters. The van der Waals surface area contributed by atoms with Crippen LogP contribution in [0.2, 0.25) is 5.02 Å². The molecule has 0 spiro atoms. The molecule has 1 aliphatic heterocycles. The fraction of sp³-hybridized carbons (Fsp3) is 0.522. The number of nitrogens with one attached hydrogen (secondary N) is 1. The van der Waals surface area contributed by atoms with Crippen LogP contribution in [0.3, 0.4) is 0 Å². The first kappa shape index (κ1) is 25.1. The SMILES string of the molecule is CN(C)C1CCC(C2CCN(c3cc(F)c(S(=O)(=O)Nc4cccc(F)n4)c(F)c3Cl)C2)CC1. The molecule has 34 heavy (non-hydrogen) atoms. The molecule has 1 saturated carbocycles. The Hall–Kier alpha value is -2.04. The Morgan fingerprint density at radius 1 is 1.09 bits per heavy atom. The number of hydrogen-bond donors (Lipinski definition) is 1. The highest BCUT2D eigenvalue weighted by Gasteiger charge is 2.36. The Labute approximate surface area is 203 Å². The van der Waals surface area contributed by atoms with Gasteiger partial charge in [0.15, 0.2) is 10.7 Å². The molecule has 2 heterocycles. The molecular weight excluding hydrogens is 489 g/mol. The van der Waals surface area contributed by atoms with Gasteiger partial charge in [0.25, 0.3) is 10.0 Å². The number of hydrogen-bond acceptors (Lipinski definition) is 5. The Morgan fingerprint density at radius 3 is 2.44 bits per heavy atom. The van der Waals surface area contributed by atoms with Gasteiger partial charge in [-0.2, -0.15) is 4.39 Å². The Kier molecular flexibility index (Phi) is 7.30. The van der Waals surface area contributed by atoms with Gasteiger partial charge in [-0.05, 0) is 70.2 Å². The normalized spacial score (nSPS) is 23.5. The highest BCUT2D eigenvalue weighted by molar-refractivity contribution is 7.92. The predicted molar refractivity (Wildman–Crippen MR) is 126 cm³/mol. The molecule has 2 aromatic rings. The zero-order valence-corrected chi connectivity index (χ0v) is 20.6. The molecule has 2 fully saturated rings. The van der Waals surface area contributed by atoms with Crippen molar-refractivity contribution < 1.29 is 21.6 Å². The van der Waals surface area contributed by atoms with Crippen molar-refractivity contribution in [2.45, 2.75) is 43.0 Å². The van der Waals surface area contributed by atoms with Gasteiger partial charge in [-0.15, -0.1) is 0 Å². The minimum absolute atomic E-state index is 0.143. The van der Waals surface area contributed by atoms with Gasteiger partial charge in [-0.3, -0.25) is 4.72 Å². The summed E-state index contributed by atoms with van der Waals surface area (Å²) in [5, 5.41) is -0.453. The van der Waals surface area contributed by atoms with Crippen LogP contribution in [0.4, 0.5) is 24.7 Å². The van der Waals surface area contributed by atoms with E-state index in [4.69, 9.17) is 11.6 Å². The minimum atomic E-state index is -4.73. The summed E-state index contributed by atoms with van der Waals surface area (Å²) in [5.41, 5.74) is 0.143. The molecule has 1 aromatic carbocycles. The van der Waals surface area contributed by atoms with Crippen LogP contribution in [0.1, 0.15) is 32.1 Å². The molecule has 6 nitrogen and oxygen atoms in total. The lowest BCUT2D eigenvalue weighted by Gasteiger charge is -2.35. The van der Waals surface area contributed by atoms with Crippen LogP contribution in [-0.4, -0.2) is 51.5 Å². The van der Waals surface area contributed by atoms with Gasteiger partial charge in [0.1, 0.15) is 16.7 Å². The Balaban J connectivity index is 1.52. The van der Waals surface area contributed by atoms with E-state index in [-0.39, 0.29) is 5.69 Å². The van der Waals surface area contributed by atoms with E-state index in [1.165, 1.54) is 12.1 Å². The van der Waals surface area contributed by atoms with Crippen molar-refractivity contribution in [3.05, 3.63) is 46.9 Å². The van der Waals surface area contributed by atoms with E-state index in [1.807, 2.05) is 9.62 Å². The van der Waals surface area contributed by atoms with Crippen molar-refractivity contribution in [3.63, 3.8) is 0 Å². The van der Waals surface area contributed by atoms with Gasteiger partial charge in [0.05, 0.1) is 5.69 Å². The third-order valence-electron chi connectivity index (χ3n) is 7.02. The average molecular weight is 517 g/mol. The second-order valence-corrected chi connectivity index (χ2v) is 11.3. The first-order valence-electron chi connectivity index (χ1n) is 11.3. The molecule has 0 radical (unpaired) electrons. The Morgan fingerprint density at radius 2 is 1.79 bits per heavy atom. The van der Waals surface area contributed by atoms with E-state index in [1.54, 1.807) is 0 Å². The van der Waals surface area contributed by atoms with Crippen molar-refractivity contribution in [1.82, 2.24) is 9.88 Å². The summed E-state index contributed by atoms with van der Waals surface area (Å²) in [5.74, 6) is -3.03. The molecule has 1 aliphatic carbocycles. The Bertz CT molecular complexity index is 1160. The van der Waals surface area contributed by atoms with Gasteiger partial charge in [-0.1, -0.05) is 17.7 Å². The number of pyridine rings is 1. The maximum Gasteiger partial charge on any atom is 0.268 e. The van der Waals surface area contributed by atoms with E-state index in [0.717, 1.165) is 44.2 Å². The first-order valence-corrected chi connectivity index (χ1v) is 13.2. The monoisotopic (exact) mass is 516 g/mol. The standard InChI is InChI=1S/C23H28ClF3N4O2S/c1-30(2)16-8-6-14(7-9-16)15-10-11-31(13-15)18-12-17(25)23(22(27)21(18)24)34(32,33)29-20-5-3-4-19(26)28-20/h3-5,12,14-16H,6-11,13H2,1-2H3,(H,28,29). The molecule has 2 aliphatic rings. The average Bonchev–Trinajstić information content (AvgIpc) is 3.26. The summed E-state index contributed by atoms with van der Waals surface area (Å²) >= 11 is 6.22. The third kappa shape index (κ3) is 5.13. The lowest BCUT2D eigenvalue weighted by atomic mass is 9.77. The second-order valence-electron chi connectivity index (χ2n) is 9.31. The fourth-order valence-corrected chi connectivity index (χ4v) is 6.65. The molecule has 1 N–H and O–H groups in total. The highest BCUT2D eigenvalue weighted by Crippen LogP contribution is 2.41. The summed E-state index contributed by atoms with van der Waals surface area (Å²) in [6.45, 7) is 1.21. The van der Waals surface area contributed by atoms with Crippen molar-refractivity contribution in [1.29, 1.82) is 0 Å². The predicted octanol–water partition coefficient (Wildman–Crippen LogP) is 4.90. The number of halogens is 4. The molecule has 0 amide bonds. The van der Waals surface area contributed by atoms with Gasteiger partial charge in [0, 0.05) is 25.2 Å². The summed E-state index contributed by atoms with van der Waals surface area (Å²) < 4.78 is 70.5. The quantitative estimate of drug-likeness (QED) is 0.437. The van der Waals surface area contributed by atoms with Crippen molar-refractivity contribution >= 4 is 33.1 Å². The topological polar surface area (TPSA) is 65.5 Å². The number of aromatic nitrogens is 1. The van der Waals surface area contributed by atoms with Crippen LogP contribution in [0.25, 0.3) is 0 Å². The molecule has 1 saturated heterocycles. The van der Waals surface area contributed by atoms with Crippen LogP contribution in [0.5, 0.6) is 0 Å². The summed E-state index contributed by atoms with van der Waals surface area (Å²) in [7, 11) is -0.533. The maximum atomic E-state index is 15.1. The summed E-state index contributed by atoms with van der Waals surface area (Å²) in [6.07, 6.45) is 5.41. The lowest BCUT2D eigenvalue weighted by Crippen LogP contribution is -2.34. The van der Waals surface area contributed by atoms with Crippen LogP contribution in [-0.2, 0) is 10.0 Å². The second kappa shape index (κ2) is 9.91. The summed E-state index contributed by atoms with van der Waals surface area (Å²) in [4.78, 5) is 6.24. The van der Waals surface area contributed by atoms with Gasteiger partial charge in [-0.25, -0.2) is 22.2 Å². The maximum absolute atomic E-state index is 15.1. The number of anilines is 2. The van der Waals surface area contributed by atoms with Crippen LogP contribution < -0.4 is 9.62 Å². The van der Waals surface area contributed by atoms with Crippen LogP contribution >= 0.6 is 11.6 Å². The minimum Gasteiger partial charge on any atom is -0.370 e. The zero-order chi connectivity index (χ0) is 24.6. The molecule has 1 aromatic heterocycles. The van der Waals surface area contributed by atoms with E-state index >= 15 is 4.39 Å². The van der Waals surface area contributed by atoms with E-state index in [9.17, 15) is 17.2 Å². The lowest BCUT2D eigenvalue weighted by molar-refractivity contribution is 0.165. The zero-order valence-electron chi connectivity index (χ0n) is 19.1. The van der Waals surface area contributed by atoms with Crippen molar-refractivity contribution in [3.8, 4) is 0 Å². The molecule has 11 heteroatoms. The highest BCUT2D eigenvalue weighted by atomic mass is 35.5. The largest absolute Gasteiger partial charge is 0.370 e. The number of benzene rings is 1. The van der Waals surface area contributed by atoms with Crippen molar-refractivity contribution in [2.75, 3.05) is 36.8 Å². The number of rotatable bonds is 6. The van der Waals surface area contributed by atoms with Gasteiger partial charge in [0.2, 0.25) is 5.95 Å². The smallest absolute Gasteiger partial charge is 0.268 e. The fourth-order valence-electron chi connectivity index (χ4n) is 5.18. The van der Waals surface area contributed by atoms with Gasteiger partial charge < -0.3 is 9.80 Å². The van der Waals surface area contributed by atoms with Crippen LogP contribution in [0, 0.1) is 29.4 Å². The van der Waals surface area contributed by atoms with Crippen LogP contribution in [0.15, 0.2) is 29.2 Å². The van der Waals surface area contributed by atoms with Gasteiger partial charge >= 0.3 is 0 Å². The number of nitrogens with zero attached hydrogens (tertiary/aromatic N) is 3. The molecule has 4 rings (SSSR count). The van der Waals surface area contributed by atoms with E-state index in [0.29, 0.717) is 31.0 Å². The molecule has 1 unspecified atom stereocenters. The molecule has 186 valence electrons. The molecular formula is C23H28ClF3N4O2S. The summed E-state index contributed by atoms with van der Waals surface area (Å²) in [6, 6.07) is 4.96. The van der Waals surface area contributed by atoms with E-state index < -0.39 is 43.3 Å². The van der Waals surface area contributed by atoms with Crippen molar-refractivity contribution in [2.24, 2.45) is 11.8 Å².